The molecule has 1 N–H and O–H groups in total. The van der Waals surface area contributed by atoms with Crippen LogP contribution in [0, 0.1) is 13.8 Å². The summed E-state index contributed by atoms with van der Waals surface area (Å²) in [7, 11) is 1.44. The monoisotopic (exact) mass is 449 g/mol. The van der Waals surface area contributed by atoms with Crippen LogP contribution in [-0.2, 0) is 6.18 Å². The lowest BCUT2D eigenvalue weighted by molar-refractivity contribution is -0.137. The third-order valence-electron chi connectivity index (χ3n) is 4.68. The van der Waals surface area contributed by atoms with Crippen molar-refractivity contribution < 1.29 is 22.7 Å². The molecule has 1 aromatic heterocycles. The van der Waals surface area contributed by atoms with E-state index in [9.17, 15) is 18.0 Å². The number of alkyl halides is 3. The van der Waals surface area contributed by atoms with E-state index in [1.54, 1.807) is 42.7 Å². The zero-order valence-electron chi connectivity index (χ0n) is 16.9. The van der Waals surface area contributed by atoms with Gasteiger partial charge in [-0.1, -0.05) is 17.7 Å². The molecule has 0 aliphatic heterocycles. The fourth-order valence-electron chi connectivity index (χ4n) is 3.22. The first-order valence-electron chi connectivity index (χ1n) is 9.15. The highest BCUT2D eigenvalue weighted by Crippen LogP contribution is 2.31. The van der Waals surface area contributed by atoms with E-state index in [0.717, 1.165) is 17.8 Å². The van der Waals surface area contributed by atoms with Crippen LogP contribution in [0.5, 0.6) is 5.75 Å². The van der Waals surface area contributed by atoms with Gasteiger partial charge >= 0.3 is 6.18 Å². The number of amides is 1. The number of nitrogens with one attached hydrogen (secondary N) is 1. The van der Waals surface area contributed by atoms with Gasteiger partial charge in [0.25, 0.3) is 5.91 Å². The van der Waals surface area contributed by atoms with Crippen molar-refractivity contribution >= 4 is 23.7 Å². The number of ether oxygens (including phenoxy) is 1. The molecule has 3 rings (SSSR count). The number of carbonyl (C=O) groups excluding carboxylic acids is 1. The molecule has 0 unspecified atom stereocenters. The second kappa shape index (κ2) is 8.85. The fourth-order valence-corrected chi connectivity index (χ4v) is 3.39. The van der Waals surface area contributed by atoms with Crippen LogP contribution in [0.2, 0.25) is 5.02 Å². The van der Waals surface area contributed by atoms with Crippen LogP contribution in [0.4, 0.5) is 13.2 Å². The predicted octanol–water partition coefficient (Wildman–Crippen LogP) is 5.54. The average molecular weight is 450 g/mol. The summed E-state index contributed by atoms with van der Waals surface area (Å²) < 4.78 is 46.0. The lowest BCUT2D eigenvalue weighted by Gasteiger charge is -2.13. The quantitative estimate of drug-likeness (QED) is 0.411. The first-order chi connectivity index (χ1) is 14.6. The van der Waals surface area contributed by atoms with Crippen molar-refractivity contribution in [1.82, 2.24) is 9.99 Å². The molecule has 0 fully saturated rings. The molecule has 1 heterocycles. The largest absolute Gasteiger partial charge is 0.496 e. The Balaban J connectivity index is 1.84. The molecular formula is C22H19ClF3N3O2. The minimum absolute atomic E-state index is 0.224. The van der Waals surface area contributed by atoms with Crippen molar-refractivity contribution in [1.29, 1.82) is 0 Å². The molecule has 3 aromatic rings. The van der Waals surface area contributed by atoms with Crippen LogP contribution in [-0.4, -0.2) is 23.8 Å². The van der Waals surface area contributed by atoms with Gasteiger partial charge < -0.3 is 9.30 Å². The lowest BCUT2D eigenvalue weighted by Crippen LogP contribution is -2.18. The number of rotatable bonds is 5. The summed E-state index contributed by atoms with van der Waals surface area (Å²) in [4.78, 5) is 12.4. The summed E-state index contributed by atoms with van der Waals surface area (Å²) in [6.07, 6.45) is -3.00. The van der Waals surface area contributed by atoms with Gasteiger partial charge in [0.05, 0.1) is 24.5 Å². The summed E-state index contributed by atoms with van der Waals surface area (Å²) in [5.74, 6) is -0.165. The number of carbonyl (C=O) groups is 1. The number of benzene rings is 2. The van der Waals surface area contributed by atoms with E-state index >= 15 is 0 Å². The second-order valence-corrected chi connectivity index (χ2v) is 7.19. The Morgan fingerprint density at radius 2 is 1.90 bits per heavy atom. The van der Waals surface area contributed by atoms with E-state index < -0.39 is 17.6 Å². The summed E-state index contributed by atoms with van der Waals surface area (Å²) in [6, 6.07) is 11.5. The average Bonchev–Trinajstić information content (AvgIpc) is 3.00. The van der Waals surface area contributed by atoms with Gasteiger partial charge in [0.15, 0.2) is 0 Å². The molecule has 5 nitrogen and oxygen atoms in total. The van der Waals surface area contributed by atoms with Crippen molar-refractivity contribution in [2.45, 2.75) is 20.0 Å². The number of hydrogen-bond acceptors (Lipinski definition) is 3. The topological polar surface area (TPSA) is 55.6 Å². The maximum atomic E-state index is 13.1. The Kier molecular flexibility index (Phi) is 6.40. The molecule has 2 aromatic carbocycles. The third-order valence-corrected chi connectivity index (χ3v) is 4.91. The molecule has 31 heavy (non-hydrogen) atoms. The van der Waals surface area contributed by atoms with Crippen LogP contribution in [0.1, 0.15) is 32.9 Å². The predicted molar refractivity (Wildman–Crippen MR) is 113 cm³/mol. The van der Waals surface area contributed by atoms with Crippen LogP contribution < -0.4 is 10.2 Å². The molecule has 0 saturated carbocycles. The van der Waals surface area contributed by atoms with E-state index in [1.165, 1.54) is 25.5 Å². The molecular weight excluding hydrogens is 431 g/mol. The SMILES string of the molecule is COc1ccc(Cl)cc1C(=O)N/N=C/c1cc(C)n(-c2cccc(C(F)(F)F)c2)c1C. The van der Waals surface area contributed by atoms with Crippen molar-refractivity contribution in [2.24, 2.45) is 5.10 Å². The summed E-state index contributed by atoms with van der Waals surface area (Å²) in [5.41, 5.74) is 4.34. The second-order valence-electron chi connectivity index (χ2n) is 6.75. The molecule has 1 amide bonds. The molecule has 0 atom stereocenters. The highest BCUT2D eigenvalue weighted by atomic mass is 35.5. The maximum absolute atomic E-state index is 13.1. The zero-order valence-corrected chi connectivity index (χ0v) is 17.7. The molecule has 0 radical (unpaired) electrons. The van der Waals surface area contributed by atoms with E-state index in [-0.39, 0.29) is 5.56 Å². The molecule has 0 aliphatic carbocycles. The van der Waals surface area contributed by atoms with E-state index in [1.807, 2.05) is 0 Å². The third kappa shape index (κ3) is 4.91. The van der Waals surface area contributed by atoms with E-state index in [4.69, 9.17) is 16.3 Å². The Morgan fingerprint density at radius 3 is 2.58 bits per heavy atom. The van der Waals surface area contributed by atoms with Gasteiger partial charge in [-0.25, -0.2) is 5.43 Å². The molecule has 0 bridgehead atoms. The Hall–Kier alpha value is -3.26. The number of halogens is 4. The smallest absolute Gasteiger partial charge is 0.416 e. The van der Waals surface area contributed by atoms with Crippen LogP contribution in [0.15, 0.2) is 53.6 Å². The van der Waals surface area contributed by atoms with E-state index in [2.05, 4.69) is 10.5 Å². The summed E-state index contributed by atoms with van der Waals surface area (Å²) in [6.45, 7) is 3.54. The van der Waals surface area contributed by atoms with Crippen molar-refractivity contribution in [3.05, 3.63) is 81.6 Å². The molecule has 0 aliphatic rings. The van der Waals surface area contributed by atoms with Gasteiger partial charge in [0, 0.05) is 27.7 Å². The fraction of sp³-hybridized carbons (Fsp3) is 0.182. The first-order valence-corrected chi connectivity index (χ1v) is 9.53. The first kappa shape index (κ1) is 22.4. The highest BCUT2D eigenvalue weighted by molar-refractivity contribution is 6.31. The minimum Gasteiger partial charge on any atom is -0.496 e. The van der Waals surface area contributed by atoms with Gasteiger partial charge in [-0.15, -0.1) is 0 Å². The molecule has 162 valence electrons. The van der Waals surface area contributed by atoms with Crippen LogP contribution >= 0.6 is 11.6 Å². The van der Waals surface area contributed by atoms with Crippen LogP contribution in [0.25, 0.3) is 5.69 Å². The molecule has 0 spiro atoms. The minimum atomic E-state index is -4.43. The number of aryl methyl sites for hydroxylation is 1. The zero-order chi connectivity index (χ0) is 22.8. The van der Waals surface area contributed by atoms with Gasteiger partial charge in [-0.3, -0.25) is 4.79 Å². The molecule has 0 saturated heterocycles. The summed E-state index contributed by atoms with van der Waals surface area (Å²) >= 11 is 5.94. The van der Waals surface area contributed by atoms with Crippen LogP contribution in [0.3, 0.4) is 0 Å². The van der Waals surface area contributed by atoms with E-state index in [0.29, 0.717) is 27.7 Å². The number of methoxy groups -OCH3 is 1. The van der Waals surface area contributed by atoms with Gasteiger partial charge in [-0.2, -0.15) is 18.3 Å². The molecule has 9 heteroatoms. The summed E-state index contributed by atoms with van der Waals surface area (Å²) in [5, 5.41) is 4.35. The van der Waals surface area contributed by atoms with Gasteiger partial charge in [0.1, 0.15) is 5.75 Å². The highest BCUT2D eigenvalue weighted by Gasteiger charge is 2.30. The van der Waals surface area contributed by atoms with Crippen molar-refractivity contribution in [3.63, 3.8) is 0 Å². The number of hydrogen-bond donors (Lipinski definition) is 1. The number of nitrogens with zero attached hydrogens (tertiary/aromatic N) is 2. The number of aromatic nitrogens is 1. The normalized spacial score (nSPS) is 11.7. The van der Waals surface area contributed by atoms with Gasteiger partial charge in [-0.05, 0) is 56.3 Å². The maximum Gasteiger partial charge on any atom is 0.416 e. The Bertz CT molecular complexity index is 1150. The Labute approximate surface area is 182 Å². The van der Waals surface area contributed by atoms with Crippen molar-refractivity contribution in [2.75, 3.05) is 7.11 Å². The Morgan fingerprint density at radius 1 is 1.16 bits per heavy atom. The number of hydrazone groups is 1. The van der Waals surface area contributed by atoms with Gasteiger partial charge in [0.2, 0.25) is 0 Å². The lowest BCUT2D eigenvalue weighted by atomic mass is 10.2. The standard InChI is InChI=1S/C22H19ClF3N3O2/c1-13-9-15(12-27-28-21(30)19-11-17(23)7-8-20(19)31-3)14(2)29(13)18-6-4-5-16(10-18)22(24,25)26/h4-12H,1-3H3,(H,28,30)/b27-12+. The van der Waals surface area contributed by atoms with Crippen molar-refractivity contribution in [3.8, 4) is 11.4 Å².